The summed E-state index contributed by atoms with van der Waals surface area (Å²) >= 11 is 0. The van der Waals surface area contributed by atoms with E-state index in [9.17, 15) is 25.4 Å². The summed E-state index contributed by atoms with van der Waals surface area (Å²) in [4.78, 5) is 24.7. The highest BCUT2D eigenvalue weighted by molar-refractivity contribution is 5.88. The van der Waals surface area contributed by atoms with E-state index in [0.717, 1.165) is 0 Å². The van der Waals surface area contributed by atoms with Gasteiger partial charge in [-0.3, -0.25) is 9.59 Å². The molecule has 0 unspecified atom stereocenters. The summed E-state index contributed by atoms with van der Waals surface area (Å²) < 4.78 is 0. The Kier molecular flexibility index (Phi) is 4.74. The number of ketones is 1. The maximum absolute atomic E-state index is 13.3. The minimum absolute atomic E-state index is 0.0799. The van der Waals surface area contributed by atoms with E-state index in [2.05, 4.69) is 6.07 Å². The van der Waals surface area contributed by atoms with Crippen LogP contribution in [0, 0.1) is 68.5 Å². The van der Waals surface area contributed by atoms with E-state index in [0.29, 0.717) is 19.1 Å². The molecular weight excluding hydrogens is 316 g/mol. The summed E-state index contributed by atoms with van der Waals surface area (Å²) in [5.74, 6) is -1.34. The van der Waals surface area contributed by atoms with Gasteiger partial charge < -0.3 is 5.73 Å². The van der Waals surface area contributed by atoms with Gasteiger partial charge in [-0.25, -0.2) is 0 Å². The second-order valence-corrected chi connectivity index (χ2v) is 7.57. The fraction of sp³-hybridized carbons (Fsp3) is 0.632. The van der Waals surface area contributed by atoms with Crippen molar-refractivity contribution >= 4 is 12.1 Å². The van der Waals surface area contributed by atoms with Crippen molar-refractivity contribution in [2.45, 2.75) is 40.0 Å². The molecule has 4 atom stereocenters. The molecule has 25 heavy (non-hydrogen) atoms. The average Bonchev–Trinajstić information content (AvgIpc) is 2.84. The zero-order valence-electron chi connectivity index (χ0n) is 14.7. The second kappa shape index (κ2) is 6.34. The van der Waals surface area contributed by atoms with Crippen LogP contribution in [0.15, 0.2) is 11.3 Å². The number of hydrogen-bond donors (Lipinski definition) is 1. The first-order valence-corrected chi connectivity index (χ1v) is 8.48. The van der Waals surface area contributed by atoms with E-state index in [4.69, 9.17) is 5.73 Å². The number of nitrogens with zero attached hydrogens (tertiary/aromatic N) is 3. The number of rotatable bonds is 3. The van der Waals surface area contributed by atoms with E-state index >= 15 is 0 Å². The smallest absolute Gasteiger partial charge is 0.172 e. The lowest BCUT2D eigenvalue weighted by atomic mass is 9.52. The Morgan fingerprint density at radius 3 is 2.24 bits per heavy atom. The number of hydrogen-bond acceptors (Lipinski definition) is 6. The molecule has 0 radical (unpaired) electrons. The van der Waals surface area contributed by atoms with Crippen LogP contribution in [0.1, 0.15) is 40.0 Å². The highest BCUT2D eigenvalue weighted by Gasteiger charge is 2.68. The van der Waals surface area contributed by atoms with Gasteiger partial charge in [0.15, 0.2) is 5.41 Å². The van der Waals surface area contributed by atoms with Crippen molar-refractivity contribution < 1.29 is 9.59 Å². The van der Waals surface area contributed by atoms with E-state index in [1.165, 1.54) is 0 Å². The van der Waals surface area contributed by atoms with Crippen molar-refractivity contribution in [3.8, 4) is 18.2 Å². The zero-order chi connectivity index (χ0) is 19.0. The van der Waals surface area contributed by atoms with Crippen molar-refractivity contribution in [1.82, 2.24) is 0 Å². The molecule has 1 fully saturated rings. The van der Waals surface area contributed by atoms with Crippen LogP contribution in [0.3, 0.4) is 0 Å². The lowest BCUT2D eigenvalue weighted by molar-refractivity contribution is -0.138. The summed E-state index contributed by atoms with van der Waals surface area (Å²) in [5, 5.41) is 29.6. The Bertz CT molecular complexity index is 748. The predicted molar refractivity (Wildman–Crippen MR) is 88.8 cm³/mol. The van der Waals surface area contributed by atoms with Gasteiger partial charge in [-0.1, -0.05) is 20.8 Å². The van der Waals surface area contributed by atoms with E-state index in [1.54, 1.807) is 0 Å². The SMILES string of the molecule is CC(C)[C@H]1CC[C@@H](C)[C@@H]([C@]2(C#N)C(N)=C(C=O)CC2(C#N)C#N)C1=O. The first-order chi connectivity index (χ1) is 11.8. The average molecular weight is 338 g/mol. The minimum atomic E-state index is -1.82. The van der Waals surface area contributed by atoms with Gasteiger partial charge in [-0.2, -0.15) is 15.8 Å². The second-order valence-electron chi connectivity index (χ2n) is 7.57. The van der Waals surface area contributed by atoms with Gasteiger partial charge in [0.25, 0.3) is 0 Å². The topological polar surface area (TPSA) is 132 Å². The molecule has 0 aromatic rings. The van der Waals surface area contributed by atoms with Crippen LogP contribution in [-0.4, -0.2) is 12.1 Å². The molecule has 2 aliphatic carbocycles. The highest BCUT2D eigenvalue weighted by Crippen LogP contribution is 2.61. The zero-order valence-corrected chi connectivity index (χ0v) is 14.7. The molecular formula is C19H22N4O2. The van der Waals surface area contributed by atoms with Crippen LogP contribution >= 0.6 is 0 Å². The Morgan fingerprint density at radius 1 is 1.20 bits per heavy atom. The predicted octanol–water partition coefficient (Wildman–Crippen LogP) is 2.23. The Morgan fingerprint density at radius 2 is 1.80 bits per heavy atom. The molecule has 0 aromatic heterocycles. The molecule has 2 rings (SSSR count). The van der Waals surface area contributed by atoms with Gasteiger partial charge >= 0.3 is 0 Å². The number of nitrogens with two attached hydrogens (primary N) is 1. The Hall–Kier alpha value is -2.65. The van der Waals surface area contributed by atoms with Gasteiger partial charge in [-0.15, -0.1) is 0 Å². The van der Waals surface area contributed by atoms with Crippen molar-refractivity contribution in [1.29, 1.82) is 15.8 Å². The first-order valence-electron chi connectivity index (χ1n) is 8.48. The monoisotopic (exact) mass is 338 g/mol. The normalized spacial score (nSPS) is 34.3. The van der Waals surface area contributed by atoms with Crippen molar-refractivity contribution in [2.24, 2.45) is 40.2 Å². The van der Waals surface area contributed by atoms with Crippen molar-refractivity contribution in [3.63, 3.8) is 0 Å². The summed E-state index contributed by atoms with van der Waals surface area (Å²) in [6.07, 6.45) is 1.70. The lowest BCUT2D eigenvalue weighted by Gasteiger charge is -2.45. The van der Waals surface area contributed by atoms with E-state index in [-0.39, 0.29) is 41.2 Å². The minimum Gasteiger partial charge on any atom is -0.400 e. The third kappa shape index (κ3) is 2.27. The van der Waals surface area contributed by atoms with Gasteiger partial charge in [0.2, 0.25) is 0 Å². The molecule has 0 bridgehead atoms. The first kappa shape index (κ1) is 18.7. The number of carbonyl (C=O) groups is 2. The lowest BCUT2D eigenvalue weighted by Crippen LogP contribution is -2.53. The maximum Gasteiger partial charge on any atom is 0.172 e. The Labute approximate surface area is 147 Å². The third-order valence-corrected chi connectivity index (χ3v) is 6.05. The molecule has 0 amide bonds. The molecule has 2 aliphatic rings. The van der Waals surface area contributed by atoms with Crippen LogP contribution in [0.4, 0.5) is 0 Å². The van der Waals surface area contributed by atoms with Crippen LogP contribution in [0.2, 0.25) is 0 Å². The quantitative estimate of drug-likeness (QED) is 0.785. The third-order valence-electron chi connectivity index (χ3n) is 6.05. The van der Waals surface area contributed by atoms with Crippen LogP contribution in [-0.2, 0) is 9.59 Å². The summed E-state index contributed by atoms with van der Waals surface area (Å²) in [6.45, 7) is 5.74. The van der Waals surface area contributed by atoms with Gasteiger partial charge in [-0.05, 0) is 24.7 Å². The van der Waals surface area contributed by atoms with Gasteiger partial charge in [0.05, 0.1) is 18.2 Å². The van der Waals surface area contributed by atoms with E-state index in [1.807, 2.05) is 32.9 Å². The molecule has 130 valence electrons. The van der Waals surface area contributed by atoms with Crippen molar-refractivity contribution in [2.75, 3.05) is 0 Å². The summed E-state index contributed by atoms with van der Waals surface area (Å²) in [7, 11) is 0. The highest BCUT2D eigenvalue weighted by atomic mass is 16.1. The number of nitriles is 3. The molecule has 6 heteroatoms. The number of aldehydes is 1. The fourth-order valence-electron chi connectivity index (χ4n) is 4.61. The molecule has 0 aromatic carbocycles. The molecule has 6 nitrogen and oxygen atoms in total. The summed E-state index contributed by atoms with van der Waals surface area (Å²) in [5.41, 5.74) is 2.55. The number of Topliss-reactive ketones (excluding diaryl/α,β-unsaturated/α-hetero) is 1. The molecule has 2 N–H and O–H groups in total. The largest absolute Gasteiger partial charge is 0.400 e. The molecule has 0 heterocycles. The van der Waals surface area contributed by atoms with Crippen molar-refractivity contribution in [3.05, 3.63) is 11.3 Å². The number of allylic oxidation sites excluding steroid dienone is 2. The number of carbonyl (C=O) groups excluding carboxylic acids is 2. The fourth-order valence-corrected chi connectivity index (χ4v) is 4.61. The van der Waals surface area contributed by atoms with E-state index < -0.39 is 16.7 Å². The summed E-state index contributed by atoms with van der Waals surface area (Å²) in [6, 6.07) is 5.93. The van der Waals surface area contributed by atoms with Crippen LogP contribution in [0.5, 0.6) is 0 Å². The molecule has 0 aliphatic heterocycles. The molecule has 1 saturated carbocycles. The molecule has 0 spiro atoms. The maximum atomic E-state index is 13.3. The van der Waals surface area contributed by atoms with Gasteiger partial charge in [0, 0.05) is 29.5 Å². The van der Waals surface area contributed by atoms with Crippen LogP contribution in [0.25, 0.3) is 0 Å². The standard InChI is InChI=1S/C19H22N4O2/c1-11(2)14-5-4-12(3)15(16(14)25)19(10-22)17(23)13(7-24)6-18(19,8-20)9-21/h7,11-12,14-15H,4-6,23H2,1-3H3/t12-,14-,15-,19-/m1/s1. The van der Waals surface area contributed by atoms with Gasteiger partial charge in [0.1, 0.15) is 17.5 Å². The van der Waals surface area contributed by atoms with Crippen LogP contribution < -0.4 is 5.73 Å². The molecule has 0 saturated heterocycles. The Balaban J connectivity index is 2.77.